The lowest BCUT2D eigenvalue weighted by atomic mass is 10.2. The number of hydrogen-bond acceptors (Lipinski definition) is 8. The van der Waals surface area contributed by atoms with E-state index in [1.165, 1.54) is 0 Å². The number of aromatic nitrogens is 2. The van der Waals surface area contributed by atoms with Crippen molar-refractivity contribution in [1.29, 1.82) is 0 Å². The molecule has 3 aromatic rings. The molecular weight excluding hydrogens is 374 g/mol. The lowest BCUT2D eigenvalue weighted by Crippen LogP contribution is -2.40. The van der Waals surface area contributed by atoms with Gasteiger partial charge in [-0.3, -0.25) is 4.84 Å². The van der Waals surface area contributed by atoms with Gasteiger partial charge in [-0.25, -0.2) is 4.99 Å². The first-order chi connectivity index (χ1) is 12.8. The fourth-order valence-corrected chi connectivity index (χ4v) is 3.33. The molecule has 0 fully saturated rings. The molecule has 1 aromatic heterocycles. The third-order valence-corrected chi connectivity index (χ3v) is 4.57. The molecule has 0 amide bonds. The number of rotatable bonds is 6. The van der Waals surface area contributed by atoms with Crippen LogP contribution < -0.4 is 15.1 Å². The van der Waals surface area contributed by atoms with Gasteiger partial charge < -0.3 is 10.1 Å². The van der Waals surface area contributed by atoms with Crippen molar-refractivity contribution in [2.24, 2.45) is 4.99 Å². The molecule has 0 aliphatic carbocycles. The number of guanidine groups is 1. The van der Waals surface area contributed by atoms with E-state index < -0.39 is 0 Å². The summed E-state index contributed by atoms with van der Waals surface area (Å²) < 4.78 is 14.3. The van der Waals surface area contributed by atoms with Crippen LogP contribution in [-0.4, -0.2) is 41.0 Å². The Balaban J connectivity index is 1.53. The molecule has 0 saturated heterocycles. The first-order valence-electron chi connectivity index (χ1n) is 8.13. The van der Waals surface area contributed by atoms with Gasteiger partial charge in [0.15, 0.2) is 0 Å². The van der Waals surface area contributed by atoms with Gasteiger partial charge in [-0.05, 0) is 24.3 Å². The average Bonchev–Trinajstić information content (AvgIpc) is 3.35. The molecule has 26 heavy (non-hydrogen) atoms. The molecule has 0 atom stereocenters. The van der Waals surface area contributed by atoms with Crippen molar-refractivity contribution in [2.75, 3.05) is 31.4 Å². The van der Waals surface area contributed by atoms with Gasteiger partial charge in [0.1, 0.15) is 35.7 Å². The van der Waals surface area contributed by atoms with Crippen LogP contribution in [0.4, 0.5) is 5.69 Å². The Morgan fingerprint density at radius 2 is 2.00 bits per heavy atom. The fourth-order valence-electron chi connectivity index (χ4n) is 2.56. The molecule has 0 unspecified atom stereocenters. The zero-order valence-corrected chi connectivity index (χ0v) is 15.3. The maximum Gasteiger partial charge on any atom is 0.223 e. The second-order valence-corrected chi connectivity index (χ2v) is 6.38. The molecule has 2 heterocycles. The highest BCUT2D eigenvalue weighted by atomic mass is 35.5. The van der Waals surface area contributed by atoms with Gasteiger partial charge in [-0.2, -0.15) is 13.8 Å². The van der Waals surface area contributed by atoms with Gasteiger partial charge in [0, 0.05) is 6.54 Å². The lowest BCUT2D eigenvalue weighted by molar-refractivity contribution is 0.106. The number of hydroxylamine groups is 1. The van der Waals surface area contributed by atoms with Crippen molar-refractivity contribution in [3.8, 4) is 5.75 Å². The summed E-state index contributed by atoms with van der Waals surface area (Å²) in [5.74, 6) is 1.40. The summed E-state index contributed by atoms with van der Waals surface area (Å²) in [4.78, 5) is 10.4. The topological polar surface area (TPSA) is 71.9 Å². The minimum atomic E-state index is 0.319. The summed E-state index contributed by atoms with van der Waals surface area (Å²) >= 11 is 7.58. The normalized spacial score (nSPS) is 13.5. The number of aliphatic imine (C=N–C) groups is 1. The second-order valence-electron chi connectivity index (χ2n) is 5.45. The maximum atomic E-state index is 6.44. The van der Waals surface area contributed by atoms with E-state index in [0.29, 0.717) is 41.9 Å². The van der Waals surface area contributed by atoms with E-state index in [1.807, 2.05) is 36.4 Å². The van der Waals surface area contributed by atoms with E-state index in [-0.39, 0.29) is 0 Å². The Bertz CT molecular complexity index is 918. The van der Waals surface area contributed by atoms with Crippen LogP contribution in [0.25, 0.3) is 11.0 Å². The van der Waals surface area contributed by atoms with Gasteiger partial charge in [0.25, 0.3) is 0 Å². The number of benzene rings is 2. The monoisotopic (exact) mass is 389 g/mol. The SMILES string of the molecule is Clc1ccc2nsnc2c1N(OCCOc1ccccc1)C1=NCCN1. The van der Waals surface area contributed by atoms with Gasteiger partial charge in [0.2, 0.25) is 5.96 Å². The van der Waals surface area contributed by atoms with Crippen molar-refractivity contribution >= 4 is 46.0 Å². The smallest absolute Gasteiger partial charge is 0.223 e. The maximum absolute atomic E-state index is 6.44. The first kappa shape index (κ1) is 17.0. The van der Waals surface area contributed by atoms with E-state index in [4.69, 9.17) is 21.2 Å². The van der Waals surface area contributed by atoms with Crippen LogP contribution in [0.15, 0.2) is 47.5 Å². The van der Waals surface area contributed by atoms with Gasteiger partial charge in [0.05, 0.1) is 23.3 Å². The number of nitrogens with zero attached hydrogens (tertiary/aromatic N) is 4. The Morgan fingerprint density at radius 1 is 1.12 bits per heavy atom. The summed E-state index contributed by atoms with van der Waals surface area (Å²) in [6.07, 6.45) is 0. The molecule has 0 spiro atoms. The molecule has 9 heteroatoms. The Kier molecular flexibility index (Phi) is 5.14. The van der Waals surface area contributed by atoms with Crippen LogP contribution in [0.3, 0.4) is 0 Å². The molecule has 0 bridgehead atoms. The van der Waals surface area contributed by atoms with Crippen molar-refractivity contribution in [3.05, 3.63) is 47.5 Å². The summed E-state index contributed by atoms with van der Waals surface area (Å²) in [5, 5.41) is 5.31. The molecule has 0 radical (unpaired) electrons. The Hall–Kier alpha value is -2.42. The molecule has 1 N–H and O–H groups in total. The standard InChI is InChI=1S/C17H16ClN5O2S/c18-13-6-7-14-15(22-26-21-14)16(13)23(17-19-8-9-20-17)25-11-10-24-12-4-2-1-3-5-12/h1-7H,8-11H2,(H,19,20). The minimum Gasteiger partial charge on any atom is -0.491 e. The minimum absolute atomic E-state index is 0.319. The van der Waals surface area contributed by atoms with Crippen LogP contribution in [-0.2, 0) is 4.84 Å². The number of hydrogen-bond donors (Lipinski definition) is 1. The van der Waals surface area contributed by atoms with Crippen LogP contribution in [0, 0.1) is 0 Å². The summed E-state index contributed by atoms with van der Waals surface area (Å²) in [5.41, 5.74) is 2.08. The Morgan fingerprint density at radius 3 is 2.81 bits per heavy atom. The van der Waals surface area contributed by atoms with Gasteiger partial charge in [-0.1, -0.05) is 29.8 Å². The van der Waals surface area contributed by atoms with Gasteiger partial charge in [-0.15, -0.1) is 0 Å². The Labute approximate surface area is 159 Å². The summed E-state index contributed by atoms with van der Waals surface area (Å²) in [6, 6.07) is 13.2. The van der Waals surface area contributed by atoms with Crippen LogP contribution in [0.1, 0.15) is 0 Å². The van der Waals surface area contributed by atoms with E-state index in [0.717, 1.165) is 29.5 Å². The van der Waals surface area contributed by atoms with Crippen molar-refractivity contribution in [3.63, 3.8) is 0 Å². The van der Waals surface area contributed by atoms with E-state index >= 15 is 0 Å². The molecular formula is C17H16ClN5O2S. The highest BCUT2D eigenvalue weighted by molar-refractivity contribution is 7.00. The number of ether oxygens (including phenoxy) is 1. The molecule has 2 aromatic carbocycles. The number of fused-ring (bicyclic) bond motifs is 1. The number of halogens is 1. The highest BCUT2D eigenvalue weighted by Crippen LogP contribution is 2.34. The second kappa shape index (κ2) is 7.86. The number of nitrogens with one attached hydrogen (secondary N) is 1. The van der Waals surface area contributed by atoms with E-state index in [9.17, 15) is 0 Å². The van der Waals surface area contributed by atoms with Crippen molar-refractivity contribution in [1.82, 2.24) is 14.1 Å². The third kappa shape index (κ3) is 3.57. The molecule has 1 aliphatic heterocycles. The number of para-hydroxylation sites is 1. The third-order valence-electron chi connectivity index (χ3n) is 3.72. The van der Waals surface area contributed by atoms with Crippen LogP contribution in [0.2, 0.25) is 5.02 Å². The van der Waals surface area contributed by atoms with Crippen molar-refractivity contribution < 1.29 is 9.57 Å². The predicted molar refractivity (Wildman–Crippen MR) is 103 cm³/mol. The lowest BCUT2D eigenvalue weighted by Gasteiger charge is -2.24. The molecule has 7 nitrogen and oxygen atoms in total. The van der Waals surface area contributed by atoms with Crippen LogP contribution >= 0.6 is 23.3 Å². The predicted octanol–water partition coefficient (Wildman–Crippen LogP) is 3.12. The quantitative estimate of drug-likeness (QED) is 0.516. The average molecular weight is 390 g/mol. The molecule has 1 aliphatic rings. The van der Waals surface area contributed by atoms with Crippen molar-refractivity contribution in [2.45, 2.75) is 0 Å². The summed E-state index contributed by atoms with van der Waals surface area (Å²) in [7, 11) is 0. The first-order valence-corrected chi connectivity index (χ1v) is 9.24. The molecule has 0 saturated carbocycles. The largest absolute Gasteiger partial charge is 0.491 e. The van der Waals surface area contributed by atoms with Crippen LogP contribution in [0.5, 0.6) is 5.75 Å². The number of anilines is 1. The molecule has 134 valence electrons. The summed E-state index contributed by atoms with van der Waals surface area (Å²) in [6.45, 7) is 2.13. The van der Waals surface area contributed by atoms with E-state index in [2.05, 4.69) is 19.1 Å². The molecule has 4 rings (SSSR count). The van der Waals surface area contributed by atoms with E-state index in [1.54, 1.807) is 11.1 Å². The highest BCUT2D eigenvalue weighted by Gasteiger charge is 2.24. The zero-order chi connectivity index (χ0) is 17.8. The fraction of sp³-hybridized carbons (Fsp3) is 0.235. The zero-order valence-electron chi connectivity index (χ0n) is 13.8. The van der Waals surface area contributed by atoms with Gasteiger partial charge >= 0.3 is 0 Å².